The molecular weight excluding hydrogens is 406 g/mol. The van der Waals surface area contributed by atoms with Crippen LogP contribution in [0.2, 0.25) is 0 Å². The topological polar surface area (TPSA) is 86.9 Å². The van der Waals surface area contributed by atoms with Crippen molar-refractivity contribution in [3.05, 3.63) is 143 Å². The van der Waals surface area contributed by atoms with Crippen LogP contribution in [-0.4, -0.2) is 5.71 Å². The van der Waals surface area contributed by atoms with E-state index >= 15 is 0 Å². The lowest BCUT2D eigenvalue weighted by molar-refractivity contribution is -0.110. The summed E-state index contributed by atoms with van der Waals surface area (Å²) < 4.78 is 6.10. The molecule has 1 aliphatic carbocycles. The third kappa shape index (κ3) is 6.45. The molecule has 0 radical (unpaired) electrons. The van der Waals surface area contributed by atoms with Crippen LogP contribution in [0.5, 0.6) is 0 Å². The fraction of sp³-hybridized carbons (Fsp3) is 0. The van der Waals surface area contributed by atoms with Crippen molar-refractivity contribution in [3.8, 4) is 0 Å². The van der Waals surface area contributed by atoms with E-state index in [4.69, 9.17) is 21.6 Å². The predicted octanol–water partition coefficient (Wildman–Crippen LogP) is 4.55. The smallest absolute Gasteiger partial charge is 0.196 e. The summed E-state index contributed by atoms with van der Waals surface area (Å²) in [6, 6.07) is 15.5. The van der Waals surface area contributed by atoms with E-state index in [-0.39, 0.29) is 0 Å². The fourth-order valence-electron chi connectivity index (χ4n) is 3.20. The molecule has 2 aliphatic rings. The Balaban J connectivity index is 1.60. The molecule has 0 unspecified atom stereocenters. The first kappa shape index (κ1) is 21.7. The summed E-state index contributed by atoms with van der Waals surface area (Å²) in [6.45, 7) is 0. The van der Waals surface area contributed by atoms with E-state index in [2.05, 4.69) is 12.2 Å². The van der Waals surface area contributed by atoms with Crippen molar-refractivity contribution in [2.24, 2.45) is 0 Å². The molecule has 0 amide bonds. The van der Waals surface area contributed by atoms with Gasteiger partial charge in [-0.1, -0.05) is 48.6 Å². The molecule has 4 rings (SSSR count). The molecule has 0 aromatic heterocycles. The van der Waals surface area contributed by atoms with Gasteiger partial charge < -0.3 is 16.2 Å². The van der Waals surface area contributed by atoms with Gasteiger partial charge in [0, 0.05) is 23.5 Å². The molecule has 4 nitrogen and oxygen atoms in total. The molecule has 1 heterocycles. The van der Waals surface area contributed by atoms with Crippen LogP contribution in [0.1, 0.15) is 11.1 Å². The highest BCUT2D eigenvalue weighted by Gasteiger charge is 2.08. The van der Waals surface area contributed by atoms with Gasteiger partial charge >= 0.3 is 0 Å². The Bertz CT molecular complexity index is 1260. The van der Waals surface area contributed by atoms with Gasteiger partial charge in [0.25, 0.3) is 0 Å². The van der Waals surface area contributed by atoms with Gasteiger partial charge in [0.2, 0.25) is 0 Å². The molecular formula is C29H26N3O+. The monoisotopic (exact) mass is 432 g/mol. The molecule has 162 valence electrons. The second kappa shape index (κ2) is 10.2. The van der Waals surface area contributed by atoms with E-state index in [9.17, 15) is 0 Å². The highest BCUT2D eigenvalue weighted by Crippen LogP contribution is 2.23. The Morgan fingerprint density at radius 3 is 1.82 bits per heavy atom. The lowest BCUT2D eigenvalue weighted by Crippen LogP contribution is -2.37. The van der Waals surface area contributed by atoms with Crippen molar-refractivity contribution < 1.29 is 10.1 Å². The van der Waals surface area contributed by atoms with E-state index in [1.165, 1.54) is 0 Å². The minimum atomic E-state index is 0.738. The van der Waals surface area contributed by atoms with Crippen LogP contribution in [-0.2, 0) is 4.74 Å². The summed E-state index contributed by atoms with van der Waals surface area (Å²) in [5.74, 6) is 1.48. The van der Waals surface area contributed by atoms with Crippen LogP contribution >= 0.6 is 0 Å². The molecule has 0 fully saturated rings. The first-order valence-electron chi connectivity index (χ1n) is 10.6. The Morgan fingerprint density at radius 1 is 0.636 bits per heavy atom. The highest BCUT2D eigenvalue weighted by atomic mass is 16.5. The Morgan fingerprint density at radius 2 is 1.21 bits per heavy atom. The van der Waals surface area contributed by atoms with Crippen LogP contribution < -0.4 is 16.9 Å². The number of nitrogens with two attached hydrogens (primary N) is 3. The summed E-state index contributed by atoms with van der Waals surface area (Å²) >= 11 is 0. The molecule has 0 saturated carbocycles. The summed E-state index contributed by atoms with van der Waals surface area (Å²) in [7, 11) is 0. The molecule has 0 atom stereocenters. The first-order chi connectivity index (χ1) is 16.0. The Kier molecular flexibility index (Phi) is 6.67. The maximum Gasteiger partial charge on any atom is 0.196 e. The third-order valence-corrected chi connectivity index (χ3v) is 5.01. The SMILES string of the molecule is Nc1ccc(/C=C/C2=CC(=C/C=C3C=CC(=[NH2+])C=C3)/OC(/C=C/c3ccc(N)cc3)=C2)cc1. The number of rotatable bonds is 5. The van der Waals surface area contributed by atoms with Crippen molar-refractivity contribution in [1.29, 1.82) is 0 Å². The largest absolute Gasteiger partial charge is 0.457 e. The average molecular weight is 433 g/mol. The highest BCUT2D eigenvalue weighted by molar-refractivity contribution is 6.01. The standard InChI is InChI=1S/C29H25N3O/c30-25-11-3-21(4-12-25)1-2-24-19-28(17-9-22-5-13-26(31)14-6-22)33-29(20-24)18-10-23-7-15-27(32)16-8-23/h1-20,31H,30,32H2/p+1/b2-1+,18-10+,22-9?,28-17-,31-26?. The summed E-state index contributed by atoms with van der Waals surface area (Å²) in [6.07, 6.45) is 23.7. The molecule has 2 aromatic rings. The third-order valence-electron chi connectivity index (χ3n) is 5.01. The van der Waals surface area contributed by atoms with Gasteiger partial charge in [0.15, 0.2) is 5.71 Å². The van der Waals surface area contributed by atoms with E-state index in [1.54, 1.807) is 0 Å². The van der Waals surface area contributed by atoms with Crippen molar-refractivity contribution in [3.63, 3.8) is 0 Å². The van der Waals surface area contributed by atoms with Crippen molar-refractivity contribution in [1.82, 2.24) is 0 Å². The zero-order valence-electron chi connectivity index (χ0n) is 18.2. The zero-order chi connectivity index (χ0) is 23.0. The lowest BCUT2D eigenvalue weighted by atomic mass is 10.1. The maximum atomic E-state index is 6.10. The van der Waals surface area contributed by atoms with Gasteiger partial charge in [-0.3, -0.25) is 5.41 Å². The van der Waals surface area contributed by atoms with Gasteiger partial charge in [-0.05, 0) is 83.0 Å². The van der Waals surface area contributed by atoms with Crippen LogP contribution in [0.3, 0.4) is 0 Å². The van der Waals surface area contributed by atoms with Crippen LogP contribution in [0, 0.1) is 0 Å². The van der Waals surface area contributed by atoms with E-state index < -0.39 is 0 Å². The van der Waals surface area contributed by atoms with Crippen molar-refractivity contribution in [2.75, 3.05) is 11.5 Å². The Hall–Kier alpha value is -4.57. The second-order valence-corrected chi connectivity index (χ2v) is 7.70. The molecule has 2 aromatic carbocycles. The van der Waals surface area contributed by atoms with Gasteiger partial charge in [0.1, 0.15) is 11.5 Å². The number of anilines is 2. The first-order valence-corrected chi connectivity index (χ1v) is 10.6. The number of benzene rings is 2. The van der Waals surface area contributed by atoms with Gasteiger partial charge in [-0.2, -0.15) is 0 Å². The number of nitrogen functional groups attached to an aromatic ring is 2. The number of ether oxygens (including phenoxy) is 1. The minimum Gasteiger partial charge on any atom is -0.457 e. The molecule has 1 aliphatic heterocycles. The average Bonchev–Trinajstić information content (AvgIpc) is 2.83. The quantitative estimate of drug-likeness (QED) is 0.606. The van der Waals surface area contributed by atoms with Gasteiger partial charge in [-0.15, -0.1) is 0 Å². The Labute approximate surface area is 194 Å². The van der Waals surface area contributed by atoms with Crippen LogP contribution in [0.4, 0.5) is 11.4 Å². The molecule has 0 spiro atoms. The van der Waals surface area contributed by atoms with Crippen LogP contribution in [0.25, 0.3) is 12.2 Å². The molecule has 0 bridgehead atoms. The van der Waals surface area contributed by atoms with E-state index in [0.717, 1.165) is 50.9 Å². The number of hydrogen-bond donors (Lipinski definition) is 3. The number of hydrogen-bond acceptors (Lipinski definition) is 3. The molecule has 6 N–H and O–H groups in total. The molecule has 0 saturated heterocycles. The summed E-state index contributed by atoms with van der Waals surface area (Å²) in [5.41, 5.74) is 18.0. The summed E-state index contributed by atoms with van der Waals surface area (Å²) in [4.78, 5) is 0. The van der Waals surface area contributed by atoms with Crippen molar-refractivity contribution in [2.45, 2.75) is 0 Å². The van der Waals surface area contributed by atoms with Gasteiger partial charge in [0.05, 0.1) is 0 Å². The number of allylic oxidation sites excluding steroid dienone is 12. The van der Waals surface area contributed by atoms with Gasteiger partial charge in [-0.25, -0.2) is 0 Å². The maximum absolute atomic E-state index is 6.10. The summed E-state index contributed by atoms with van der Waals surface area (Å²) in [5, 5.41) is 5.78. The molecule has 33 heavy (non-hydrogen) atoms. The fourth-order valence-corrected chi connectivity index (χ4v) is 3.20. The second-order valence-electron chi connectivity index (χ2n) is 7.70. The van der Waals surface area contributed by atoms with Crippen molar-refractivity contribution >= 4 is 29.2 Å². The lowest BCUT2D eigenvalue weighted by Gasteiger charge is -2.14. The normalized spacial score (nSPS) is 16.9. The van der Waals surface area contributed by atoms with E-state index in [1.807, 2.05) is 109 Å². The van der Waals surface area contributed by atoms with Crippen LogP contribution in [0.15, 0.2) is 132 Å². The minimum absolute atomic E-state index is 0.738. The van der Waals surface area contributed by atoms with E-state index in [0.29, 0.717) is 0 Å². The molecule has 4 heteroatoms. The zero-order valence-corrected chi connectivity index (χ0v) is 18.2. The predicted molar refractivity (Wildman–Crippen MR) is 138 cm³/mol.